The maximum Gasteiger partial charge on any atom is 0.270 e. The zero-order valence-corrected chi connectivity index (χ0v) is 16.0. The van der Waals surface area contributed by atoms with Gasteiger partial charge in [-0.2, -0.15) is 0 Å². The number of benzene rings is 2. The largest absolute Gasteiger partial charge is 0.377 e. The summed E-state index contributed by atoms with van der Waals surface area (Å²) in [6.45, 7) is 1.84. The van der Waals surface area contributed by atoms with Crippen molar-refractivity contribution in [2.75, 3.05) is 29.6 Å². The van der Waals surface area contributed by atoms with Crippen LogP contribution in [0.5, 0.6) is 0 Å². The van der Waals surface area contributed by atoms with Crippen LogP contribution in [0.2, 0.25) is 0 Å². The standard InChI is InChI=1S/C20H22N4O4/c1-12-4-7-14(21-19(25)13-5-6-13)10-17(12)22-20(26)16-11-15(24(27)28)8-9-18(16)23(2)3/h4,7-11,13H,5-6H2,1-3H3,(H,21,25)(H,22,26). The van der Waals surface area contributed by atoms with E-state index < -0.39 is 10.8 Å². The van der Waals surface area contributed by atoms with Crippen molar-refractivity contribution in [3.05, 3.63) is 57.6 Å². The van der Waals surface area contributed by atoms with E-state index in [0.717, 1.165) is 18.4 Å². The van der Waals surface area contributed by atoms with E-state index in [9.17, 15) is 19.7 Å². The van der Waals surface area contributed by atoms with E-state index in [2.05, 4.69) is 10.6 Å². The lowest BCUT2D eigenvalue weighted by Gasteiger charge is -2.18. The normalized spacial score (nSPS) is 13.0. The van der Waals surface area contributed by atoms with E-state index >= 15 is 0 Å². The Labute approximate surface area is 162 Å². The van der Waals surface area contributed by atoms with Gasteiger partial charge in [-0.15, -0.1) is 0 Å². The minimum atomic E-state index is -0.532. The summed E-state index contributed by atoms with van der Waals surface area (Å²) in [4.78, 5) is 37.1. The molecule has 2 aromatic carbocycles. The molecule has 1 saturated carbocycles. The topological polar surface area (TPSA) is 105 Å². The lowest BCUT2D eigenvalue weighted by Crippen LogP contribution is -2.19. The van der Waals surface area contributed by atoms with Crippen LogP contribution in [-0.2, 0) is 4.79 Å². The van der Waals surface area contributed by atoms with Crippen LogP contribution in [0.3, 0.4) is 0 Å². The van der Waals surface area contributed by atoms with E-state index in [-0.39, 0.29) is 23.1 Å². The van der Waals surface area contributed by atoms with Gasteiger partial charge in [0.1, 0.15) is 0 Å². The molecule has 0 saturated heterocycles. The number of nitrogens with zero attached hydrogens (tertiary/aromatic N) is 2. The summed E-state index contributed by atoms with van der Waals surface area (Å²) in [5.41, 5.74) is 2.57. The van der Waals surface area contributed by atoms with Crippen molar-refractivity contribution in [1.82, 2.24) is 0 Å². The zero-order chi connectivity index (χ0) is 20.4. The van der Waals surface area contributed by atoms with Gasteiger partial charge in [0, 0.05) is 49.2 Å². The number of amides is 2. The van der Waals surface area contributed by atoms with Crippen LogP contribution >= 0.6 is 0 Å². The SMILES string of the molecule is Cc1ccc(NC(=O)C2CC2)cc1NC(=O)c1cc([N+](=O)[O-])ccc1N(C)C. The van der Waals surface area contributed by atoms with Gasteiger partial charge in [-0.05, 0) is 43.5 Å². The zero-order valence-electron chi connectivity index (χ0n) is 16.0. The first kappa shape index (κ1) is 19.3. The summed E-state index contributed by atoms with van der Waals surface area (Å²) in [5.74, 6) is -0.400. The van der Waals surface area contributed by atoms with Crippen molar-refractivity contribution in [2.45, 2.75) is 19.8 Å². The predicted octanol–water partition coefficient (Wildman–Crippen LogP) is 3.57. The van der Waals surface area contributed by atoms with E-state index in [0.29, 0.717) is 17.1 Å². The number of rotatable bonds is 6. The Morgan fingerprint density at radius 3 is 2.43 bits per heavy atom. The average Bonchev–Trinajstić information content (AvgIpc) is 3.49. The Kier molecular flexibility index (Phi) is 5.30. The monoisotopic (exact) mass is 382 g/mol. The van der Waals surface area contributed by atoms with Crippen molar-refractivity contribution in [3.63, 3.8) is 0 Å². The molecule has 0 heterocycles. The number of hydrogen-bond donors (Lipinski definition) is 2. The van der Waals surface area contributed by atoms with Crippen LogP contribution in [0.15, 0.2) is 36.4 Å². The number of nitro groups is 1. The molecule has 0 aromatic heterocycles. The lowest BCUT2D eigenvalue weighted by atomic mass is 10.1. The molecule has 2 amide bonds. The van der Waals surface area contributed by atoms with Crippen molar-refractivity contribution < 1.29 is 14.5 Å². The highest BCUT2D eigenvalue weighted by molar-refractivity contribution is 6.09. The second-order valence-corrected chi connectivity index (χ2v) is 7.10. The van der Waals surface area contributed by atoms with Crippen LogP contribution in [0.25, 0.3) is 0 Å². The molecule has 2 aromatic rings. The van der Waals surface area contributed by atoms with Gasteiger partial charge >= 0.3 is 0 Å². The van der Waals surface area contributed by atoms with Gasteiger partial charge < -0.3 is 15.5 Å². The minimum absolute atomic E-state index is 0.0188. The van der Waals surface area contributed by atoms with Crippen LogP contribution < -0.4 is 15.5 Å². The smallest absolute Gasteiger partial charge is 0.270 e. The third-order valence-electron chi connectivity index (χ3n) is 4.62. The molecule has 8 nitrogen and oxygen atoms in total. The molecule has 28 heavy (non-hydrogen) atoms. The number of nitrogens with one attached hydrogen (secondary N) is 2. The number of carbonyl (C=O) groups is 2. The molecule has 0 bridgehead atoms. The Bertz CT molecular complexity index is 951. The number of carbonyl (C=O) groups excluding carboxylic acids is 2. The first-order valence-corrected chi connectivity index (χ1v) is 8.95. The second-order valence-electron chi connectivity index (χ2n) is 7.10. The summed E-state index contributed by atoms with van der Waals surface area (Å²) in [6.07, 6.45) is 1.81. The van der Waals surface area contributed by atoms with Gasteiger partial charge in [0.05, 0.1) is 10.5 Å². The number of aryl methyl sites for hydroxylation is 1. The first-order chi connectivity index (χ1) is 13.3. The molecule has 1 aliphatic rings. The molecule has 1 aliphatic carbocycles. The van der Waals surface area contributed by atoms with Crippen molar-refractivity contribution in [1.29, 1.82) is 0 Å². The molecule has 1 fully saturated rings. The lowest BCUT2D eigenvalue weighted by molar-refractivity contribution is -0.384. The molecule has 0 radical (unpaired) electrons. The van der Waals surface area contributed by atoms with Gasteiger partial charge in [-0.25, -0.2) is 0 Å². The first-order valence-electron chi connectivity index (χ1n) is 8.95. The van der Waals surface area contributed by atoms with Gasteiger partial charge in [-0.1, -0.05) is 6.07 Å². The third-order valence-corrected chi connectivity index (χ3v) is 4.62. The highest BCUT2D eigenvalue weighted by atomic mass is 16.6. The van der Waals surface area contributed by atoms with Crippen molar-refractivity contribution in [2.24, 2.45) is 5.92 Å². The fraction of sp³-hybridized carbons (Fsp3) is 0.300. The fourth-order valence-corrected chi connectivity index (χ4v) is 2.82. The fourth-order valence-electron chi connectivity index (χ4n) is 2.82. The summed E-state index contributed by atoms with van der Waals surface area (Å²) >= 11 is 0. The highest BCUT2D eigenvalue weighted by Crippen LogP contribution is 2.31. The Hall–Kier alpha value is -3.42. The van der Waals surface area contributed by atoms with Gasteiger partial charge in [0.25, 0.3) is 11.6 Å². The predicted molar refractivity (Wildman–Crippen MR) is 108 cm³/mol. The molecule has 0 atom stereocenters. The maximum absolute atomic E-state index is 12.9. The summed E-state index contributed by atoms with van der Waals surface area (Å²) in [6, 6.07) is 9.46. The highest BCUT2D eigenvalue weighted by Gasteiger charge is 2.29. The molecule has 0 unspecified atom stereocenters. The Balaban J connectivity index is 1.87. The number of anilines is 3. The van der Waals surface area contributed by atoms with Crippen molar-refractivity contribution >= 4 is 34.6 Å². The molecule has 3 rings (SSSR count). The van der Waals surface area contributed by atoms with Crippen LogP contribution in [0, 0.1) is 23.0 Å². The molecular formula is C20H22N4O4. The number of non-ortho nitro benzene ring substituents is 1. The molecule has 2 N–H and O–H groups in total. The Morgan fingerprint density at radius 2 is 1.82 bits per heavy atom. The quantitative estimate of drug-likeness (QED) is 0.587. The summed E-state index contributed by atoms with van der Waals surface area (Å²) < 4.78 is 0. The van der Waals surface area contributed by atoms with Gasteiger partial charge in [0.15, 0.2) is 0 Å². The Morgan fingerprint density at radius 1 is 1.11 bits per heavy atom. The molecule has 0 aliphatic heterocycles. The molecule has 0 spiro atoms. The summed E-state index contributed by atoms with van der Waals surface area (Å²) in [5, 5.41) is 16.8. The van der Waals surface area contributed by atoms with Gasteiger partial charge in [-0.3, -0.25) is 19.7 Å². The van der Waals surface area contributed by atoms with E-state index in [4.69, 9.17) is 0 Å². The van der Waals surface area contributed by atoms with Crippen molar-refractivity contribution in [3.8, 4) is 0 Å². The van der Waals surface area contributed by atoms with E-state index in [1.165, 1.54) is 12.1 Å². The van der Waals surface area contributed by atoms with Crippen LogP contribution in [0.1, 0.15) is 28.8 Å². The second kappa shape index (κ2) is 7.67. The van der Waals surface area contributed by atoms with E-state index in [1.54, 1.807) is 43.3 Å². The number of nitro benzene ring substituents is 1. The van der Waals surface area contributed by atoms with E-state index in [1.807, 2.05) is 6.92 Å². The minimum Gasteiger partial charge on any atom is -0.377 e. The van der Waals surface area contributed by atoms with Crippen LogP contribution in [-0.4, -0.2) is 30.8 Å². The maximum atomic E-state index is 12.9. The molecular weight excluding hydrogens is 360 g/mol. The average molecular weight is 382 g/mol. The number of hydrogen-bond acceptors (Lipinski definition) is 5. The third kappa shape index (κ3) is 4.28. The molecule has 8 heteroatoms. The van der Waals surface area contributed by atoms with Gasteiger partial charge in [0.2, 0.25) is 5.91 Å². The van der Waals surface area contributed by atoms with Crippen LogP contribution in [0.4, 0.5) is 22.7 Å². The molecule has 146 valence electrons. The summed E-state index contributed by atoms with van der Waals surface area (Å²) in [7, 11) is 3.52.